The number of amides is 2. The van der Waals surface area contributed by atoms with Crippen LogP contribution in [0.4, 0.5) is 5.69 Å². The van der Waals surface area contributed by atoms with Crippen molar-refractivity contribution in [3.05, 3.63) is 64.2 Å². The van der Waals surface area contributed by atoms with Gasteiger partial charge >= 0.3 is 0 Å². The molecule has 0 unspecified atom stereocenters. The fraction of sp³-hybridized carbons (Fsp3) is 0.440. The van der Waals surface area contributed by atoms with Crippen LogP contribution in [0, 0.1) is 13.8 Å². The van der Waals surface area contributed by atoms with Crippen LogP contribution in [0.15, 0.2) is 42.5 Å². The van der Waals surface area contributed by atoms with Gasteiger partial charge in [0.1, 0.15) is 12.6 Å². The van der Waals surface area contributed by atoms with Gasteiger partial charge in [-0.1, -0.05) is 54.8 Å². The smallest absolute Gasteiger partial charge is 0.244 e. The predicted octanol–water partition coefficient (Wildman–Crippen LogP) is 4.06. The van der Waals surface area contributed by atoms with E-state index >= 15 is 0 Å². The Morgan fingerprint density at radius 1 is 1.12 bits per heavy atom. The molecule has 2 aromatic carbocycles. The molecule has 0 aliphatic rings. The van der Waals surface area contributed by atoms with Crippen molar-refractivity contribution in [2.45, 2.75) is 53.1 Å². The summed E-state index contributed by atoms with van der Waals surface area (Å²) in [6, 6.07) is 11.6. The van der Waals surface area contributed by atoms with Gasteiger partial charge in [-0.3, -0.25) is 13.9 Å². The summed E-state index contributed by atoms with van der Waals surface area (Å²) in [5.41, 5.74) is 2.90. The van der Waals surface area contributed by atoms with Gasteiger partial charge in [0.15, 0.2) is 0 Å². The summed E-state index contributed by atoms with van der Waals surface area (Å²) < 4.78 is 26.4. The fourth-order valence-corrected chi connectivity index (χ4v) is 4.75. The molecule has 0 aromatic heterocycles. The van der Waals surface area contributed by atoms with Gasteiger partial charge in [0.2, 0.25) is 21.8 Å². The van der Waals surface area contributed by atoms with Crippen LogP contribution in [0.2, 0.25) is 5.02 Å². The van der Waals surface area contributed by atoms with Crippen molar-refractivity contribution in [2.75, 3.05) is 23.7 Å². The second kappa shape index (κ2) is 12.2. The molecule has 0 aliphatic carbocycles. The zero-order valence-corrected chi connectivity index (χ0v) is 22.0. The minimum absolute atomic E-state index is 0.117. The summed E-state index contributed by atoms with van der Waals surface area (Å²) in [4.78, 5) is 27.7. The Balaban J connectivity index is 2.38. The molecule has 0 radical (unpaired) electrons. The third kappa shape index (κ3) is 7.74. The van der Waals surface area contributed by atoms with Crippen molar-refractivity contribution < 1.29 is 18.0 Å². The lowest BCUT2D eigenvalue weighted by Gasteiger charge is -2.32. The molecule has 0 heterocycles. The van der Waals surface area contributed by atoms with E-state index in [9.17, 15) is 18.0 Å². The van der Waals surface area contributed by atoms with Crippen LogP contribution in [0.1, 0.15) is 43.4 Å². The molecule has 1 atom stereocenters. The number of nitrogens with zero attached hydrogens (tertiary/aromatic N) is 2. The van der Waals surface area contributed by atoms with Crippen LogP contribution in [-0.4, -0.2) is 50.5 Å². The lowest BCUT2D eigenvalue weighted by Crippen LogP contribution is -2.51. The number of halogens is 1. The van der Waals surface area contributed by atoms with E-state index in [4.69, 9.17) is 11.6 Å². The highest BCUT2D eigenvalue weighted by molar-refractivity contribution is 7.92. The standard InChI is InChI=1S/C25H34ClN3O4S/c1-6-7-13-27-25(31)20(4)28(16-21-9-8-10-22(26)15-21)24(30)17-29(34(5,32)33)23-12-11-18(2)14-19(23)3/h8-12,14-15,20H,6-7,13,16-17H2,1-5H3,(H,27,31)/t20-/m0/s1. The monoisotopic (exact) mass is 507 g/mol. The number of aryl methyl sites for hydroxylation is 2. The number of hydrogen-bond donors (Lipinski definition) is 1. The number of carbonyl (C=O) groups excluding carboxylic acids is 2. The average Bonchev–Trinajstić information content (AvgIpc) is 2.75. The first-order valence-corrected chi connectivity index (χ1v) is 13.5. The van der Waals surface area contributed by atoms with Gasteiger partial charge in [-0.15, -0.1) is 0 Å². The molecule has 2 amide bonds. The van der Waals surface area contributed by atoms with Crippen molar-refractivity contribution >= 4 is 39.1 Å². The Bertz CT molecular complexity index is 1120. The summed E-state index contributed by atoms with van der Waals surface area (Å²) >= 11 is 6.12. The summed E-state index contributed by atoms with van der Waals surface area (Å²) in [6.45, 7) is 7.60. The molecular formula is C25H34ClN3O4S. The van der Waals surface area contributed by atoms with E-state index in [0.29, 0.717) is 17.3 Å². The number of unbranched alkanes of at least 4 members (excludes halogenated alkanes) is 1. The summed E-state index contributed by atoms with van der Waals surface area (Å²) in [6.07, 6.45) is 2.83. The third-order valence-electron chi connectivity index (χ3n) is 5.54. The Morgan fingerprint density at radius 3 is 2.41 bits per heavy atom. The molecule has 0 fully saturated rings. The number of carbonyl (C=O) groups is 2. The highest BCUT2D eigenvalue weighted by Gasteiger charge is 2.30. The highest BCUT2D eigenvalue weighted by atomic mass is 35.5. The predicted molar refractivity (Wildman–Crippen MR) is 137 cm³/mol. The molecule has 0 saturated heterocycles. The number of rotatable bonds is 11. The van der Waals surface area contributed by atoms with E-state index in [-0.39, 0.29) is 12.5 Å². The van der Waals surface area contributed by atoms with Gasteiger partial charge in [0, 0.05) is 18.1 Å². The maximum atomic E-state index is 13.5. The second-order valence-electron chi connectivity index (χ2n) is 8.53. The van der Waals surface area contributed by atoms with E-state index in [1.54, 1.807) is 44.2 Å². The summed E-state index contributed by atoms with van der Waals surface area (Å²) in [7, 11) is -3.76. The largest absolute Gasteiger partial charge is 0.354 e. The first-order valence-electron chi connectivity index (χ1n) is 11.3. The molecule has 34 heavy (non-hydrogen) atoms. The topological polar surface area (TPSA) is 86.8 Å². The number of anilines is 1. The highest BCUT2D eigenvalue weighted by Crippen LogP contribution is 2.24. The molecule has 1 N–H and O–H groups in total. The van der Waals surface area contributed by atoms with Crippen LogP contribution in [0.25, 0.3) is 0 Å². The third-order valence-corrected chi connectivity index (χ3v) is 6.90. The Hall–Kier alpha value is -2.58. The molecule has 0 spiro atoms. The first-order chi connectivity index (χ1) is 15.9. The summed E-state index contributed by atoms with van der Waals surface area (Å²) in [5, 5.41) is 3.37. The van der Waals surface area contributed by atoms with Gasteiger partial charge in [-0.05, 0) is 56.5 Å². The van der Waals surface area contributed by atoms with E-state index in [2.05, 4.69) is 5.32 Å². The van der Waals surface area contributed by atoms with Crippen LogP contribution < -0.4 is 9.62 Å². The van der Waals surface area contributed by atoms with E-state index in [0.717, 1.165) is 40.1 Å². The minimum Gasteiger partial charge on any atom is -0.354 e. The zero-order chi connectivity index (χ0) is 25.5. The van der Waals surface area contributed by atoms with Crippen molar-refractivity contribution in [1.29, 1.82) is 0 Å². The molecule has 9 heteroatoms. The van der Waals surface area contributed by atoms with Crippen molar-refractivity contribution in [1.82, 2.24) is 10.2 Å². The number of nitrogens with one attached hydrogen (secondary N) is 1. The van der Waals surface area contributed by atoms with Gasteiger partial charge in [-0.25, -0.2) is 8.42 Å². The molecule has 0 saturated carbocycles. The average molecular weight is 508 g/mol. The van der Waals surface area contributed by atoms with Crippen LogP contribution in [0.3, 0.4) is 0 Å². The van der Waals surface area contributed by atoms with Crippen LogP contribution in [-0.2, 0) is 26.2 Å². The SMILES string of the molecule is CCCCNC(=O)[C@H](C)N(Cc1cccc(Cl)c1)C(=O)CN(c1ccc(C)cc1C)S(C)(=O)=O. The fourth-order valence-electron chi connectivity index (χ4n) is 3.63. The van der Waals surface area contributed by atoms with Crippen LogP contribution in [0.5, 0.6) is 0 Å². The first kappa shape index (κ1) is 27.7. The van der Waals surface area contributed by atoms with Crippen LogP contribution >= 0.6 is 11.6 Å². The summed E-state index contributed by atoms with van der Waals surface area (Å²) in [5.74, 6) is -0.773. The molecule has 2 aromatic rings. The zero-order valence-electron chi connectivity index (χ0n) is 20.5. The molecular weight excluding hydrogens is 474 g/mol. The Morgan fingerprint density at radius 2 is 1.82 bits per heavy atom. The minimum atomic E-state index is -3.76. The molecule has 0 aliphatic heterocycles. The van der Waals surface area contributed by atoms with Gasteiger partial charge in [0.25, 0.3) is 0 Å². The van der Waals surface area contributed by atoms with Gasteiger partial charge in [0.05, 0.1) is 11.9 Å². The van der Waals surface area contributed by atoms with Gasteiger partial charge < -0.3 is 10.2 Å². The van der Waals surface area contributed by atoms with Crippen molar-refractivity contribution in [2.24, 2.45) is 0 Å². The quantitative estimate of drug-likeness (QED) is 0.465. The van der Waals surface area contributed by atoms with Crippen molar-refractivity contribution in [3.8, 4) is 0 Å². The maximum absolute atomic E-state index is 13.5. The maximum Gasteiger partial charge on any atom is 0.244 e. The number of sulfonamides is 1. The second-order valence-corrected chi connectivity index (χ2v) is 10.9. The van der Waals surface area contributed by atoms with E-state index in [1.165, 1.54) is 4.90 Å². The van der Waals surface area contributed by atoms with Crippen molar-refractivity contribution in [3.63, 3.8) is 0 Å². The Labute approximate surface area is 208 Å². The molecule has 0 bridgehead atoms. The van der Waals surface area contributed by atoms with E-state index < -0.39 is 28.5 Å². The van der Waals surface area contributed by atoms with Gasteiger partial charge in [-0.2, -0.15) is 0 Å². The lowest BCUT2D eigenvalue weighted by molar-refractivity contribution is -0.139. The lowest BCUT2D eigenvalue weighted by atomic mass is 10.1. The Kier molecular flexibility index (Phi) is 9.94. The van der Waals surface area contributed by atoms with E-state index in [1.807, 2.05) is 26.0 Å². The normalized spacial score (nSPS) is 12.2. The molecule has 2 rings (SSSR count). The molecule has 7 nitrogen and oxygen atoms in total. The number of benzene rings is 2. The molecule has 186 valence electrons. The number of hydrogen-bond acceptors (Lipinski definition) is 4.